The highest BCUT2D eigenvalue weighted by molar-refractivity contribution is 7.89. The van der Waals surface area contributed by atoms with Gasteiger partial charge in [-0.1, -0.05) is 30.5 Å². The number of sulfonamides is 1. The molecular formula is C16H21ClN2O4S. The predicted octanol–water partition coefficient (Wildman–Crippen LogP) is 1.96. The fraction of sp³-hybridized carbons (Fsp3) is 0.562. The molecule has 2 aliphatic rings. The third kappa shape index (κ3) is 3.06. The molecule has 0 spiro atoms. The minimum atomic E-state index is -3.78. The molecule has 2 fully saturated rings. The minimum absolute atomic E-state index is 0.0604. The lowest BCUT2D eigenvalue weighted by atomic mass is 10.0. The largest absolute Gasteiger partial charge is 0.367 e. The van der Waals surface area contributed by atoms with Gasteiger partial charge < -0.3 is 10.0 Å². The van der Waals surface area contributed by atoms with Crippen molar-refractivity contribution in [2.75, 3.05) is 7.05 Å². The van der Waals surface area contributed by atoms with Crippen LogP contribution in [0.4, 0.5) is 0 Å². The maximum atomic E-state index is 12.7. The Balaban J connectivity index is 1.96. The van der Waals surface area contributed by atoms with E-state index in [2.05, 4.69) is 4.72 Å². The number of rotatable bonds is 4. The van der Waals surface area contributed by atoms with Crippen LogP contribution in [-0.4, -0.2) is 37.4 Å². The van der Waals surface area contributed by atoms with Crippen LogP contribution in [0.25, 0.3) is 0 Å². The Hall–Kier alpha value is -1.15. The van der Waals surface area contributed by atoms with Gasteiger partial charge in [0.05, 0.1) is 5.02 Å². The zero-order chi connectivity index (χ0) is 17.5. The number of halogens is 1. The van der Waals surface area contributed by atoms with Gasteiger partial charge in [-0.25, -0.2) is 13.1 Å². The molecule has 1 saturated heterocycles. The molecule has 2 N–H and O–H groups in total. The average molecular weight is 373 g/mol. The summed E-state index contributed by atoms with van der Waals surface area (Å²) in [5, 5.41) is 10.9. The highest BCUT2D eigenvalue weighted by atomic mass is 35.5. The van der Waals surface area contributed by atoms with Crippen LogP contribution >= 0.6 is 11.6 Å². The van der Waals surface area contributed by atoms with Crippen LogP contribution in [0.15, 0.2) is 23.1 Å². The Kier molecular flexibility index (Phi) is 4.63. The summed E-state index contributed by atoms with van der Waals surface area (Å²) in [5.41, 5.74) is -1.15. The van der Waals surface area contributed by atoms with Crippen LogP contribution in [0, 0.1) is 0 Å². The van der Waals surface area contributed by atoms with Crippen molar-refractivity contribution >= 4 is 27.5 Å². The molecule has 1 amide bonds. The monoisotopic (exact) mass is 372 g/mol. The number of aliphatic hydroxyl groups is 1. The van der Waals surface area contributed by atoms with Gasteiger partial charge in [-0.2, -0.15) is 0 Å². The number of nitrogens with one attached hydrogen (secondary N) is 1. The molecular weight excluding hydrogens is 352 g/mol. The molecule has 1 saturated carbocycles. The van der Waals surface area contributed by atoms with E-state index in [1.807, 2.05) is 0 Å². The van der Waals surface area contributed by atoms with Crippen LogP contribution in [0.2, 0.25) is 5.02 Å². The number of hydrogen-bond donors (Lipinski definition) is 2. The SMILES string of the molecule is CN1C(=O)CCC1(O)c1ccc(Cl)c(S(=O)(=O)NC2CCCC2)c1. The molecule has 3 rings (SSSR count). The van der Waals surface area contributed by atoms with Gasteiger partial charge in [0, 0.05) is 31.5 Å². The maximum absolute atomic E-state index is 12.7. The minimum Gasteiger partial charge on any atom is -0.367 e. The molecule has 1 aromatic carbocycles. The van der Waals surface area contributed by atoms with Crippen LogP contribution < -0.4 is 4.72 Å². The lowest BCUT2D eigenvalue weighted by molar-refractivity contribution is -0.142. The van der Waals surface area contributed by atoms with Gasteiger partial charge in [-0.15, -0.1) is 0 Å². The summed E-state index contributed by atoms with van der Waals surface area (Å²) in [5.74, 6) is -0.180. The summed E-state index contributed by atoms with van der Waals surface area (Å²) in [6.07, 6.45) is 4.09. The lowest BCUT2D eigenvalue weighted by Crippen LogP contribution is -2.40. The Labute approximate surface area is 146 Å². The molecule has 1 aliphatic carbocycles. The van der Waals surface area contributed by atoms with Crippen molar-refractivity contribution in [1.82, 2.24) is 9.62 Å². The normalized spacial score (nSPS) is 25.6. The number of likely N-dealkylation sites (tertiary alicyclic amines) is 1. The molecule has 132 valence electrons. The number of hydrogen-bond acceptors (Lipinski definition) is 4. The van der Waals surface area contributed by atoms with Crippen LogP contribution in [0.5, 0.6) is 0 Å². The van der Waals surface area contributed by atoms with Crippen molar-refractivity contribution in [2.24, 2.45) is 0 Å². The second-order valence-electron chi connectivity index (χ2n) is 6.52. The average Bonchev–Trinajstić information content (AvgIpc) is 3.12. The molecule has 0 bridgehead atoms. The highest BCUT2D eigenvalue weighted by Crippen LogP contribution is 2.38. The fourth-order valence-electron chi connectivity index (χ4n) is 3.45. The molecule has 0 radical (unpaired) electrons. The zero-order valence-electron chi connectivity index (χ0n) is 13.5. The molecule has 8 heteroatoms. The summed E-state index contributed by atoms with van der Waals surface area (Å²) in [4.78, 5) is 12.9. The summed E-state index contributed by atoms with van der Waals surface area (Å²) >= 11 is 6.10. The van der Waals surface area contributed by atoms with Gasteiger partial charge >= 0.3 is 0 Å². The van der Waals surface area contributed by atoms with Gasteiger partial charge in [0.1, 0.15) is 4.90 Å². The molecule has 0 aromatic heterocycles. The third-order valence-electron chi connectivity index (χ3n) is 4.98. The van der Waals surface area contributed by atoms with Crippen molar-refractivity contribution in [3.05, 3.63) is 28.8 Å². The summed E-state index contributed by atoms with van der Waals surface area (Å²) < 4.78 is 28.0. The first-order valence-electron chi connectivity index (χ1n) is 8.05. The first-order chi connectivity index (χ1) is 11.2. The molecule has 1 aromatic rings. The second-order valence-corrected chi connectivity index (χ2v) is 8.61. The molecule has 1 atom stereocenters. The smallest absolute Gasteiger partial charge is 0.242 e. The Morgan fingerprint density at radius 2 is 2.00 bits per heavy atom. The van der Waals surface area contributed by atoms with Crippen LogP contribution in [-0.2, 0) is 20.5 Å². The number of carbonyl (C=O) groups excluding carboxylic acids is 1. The first kappa shape index (κ1) is 17.7. The van der Waals surface area contributed by atoms with Gasteiger partial charge in [0.25, 0.3) is 0 Å². The van der Waals surface area contributed by atoms with Crippen molar-refractivity contribution < 1.29 is 18.3 Å². The van der Waals surface area contributed by atoms with Crippen molar-refractivity contribution in [1.29, 1.82) is 0 Å². The maximum Gasteiger partial charge on any atom is 0.242 e. The Morgan fingerprint density at radius 1 is 1.33 bits per heavy atom. The topological polar surface area (TPSA) is 86.7 Å². The molecule has 1 unspecified atom stereocenters. The lowest BCUT2D eigenvalue weighted by Gasteiger charge is -2.31. The van der Waals surface area contributed by atoms with Crippen molar-refractivity contribution in [3.8, 4) is 0 Å². The first-order valence-corrected chi connectivity index (χ1v) is 9.91. The van der Waals surface area contributed by atoms with Gasteiger partial charge in [-0.3, -0.25) is 4.79 Å². The van der Waals surface area contributed by atoms with Crippen molar-refractivity contribution in [2.45, 2.75) is 55.2 Å². The van der Waals surface area contributed by atoms with Crippen LogP contribution in [0.1, 0.15) is 44.1 Å². The second kappa shape index (κ2) is 6.29. The van der Waals surface area contributed by atoms with E-state index >= 15 is 0 Å². The van der Waals surface area contributed by atoms with Gasteiger partial charge in [0.15, 0.2) is 5.72 Å². The highest BCUT2D eigenvalue weighted by Gasteiger charge is 2.43. The summed E-state index contributed by atoms with van der Waals surface area (Å²) in [6.45, 7) is 0. The van der Waals surface area contributed by atoms with E-state index in [4.69, 9.17) is 11.6 Å². The number of benzene rings is 1. The van der Waals surface area contributed by atoms with E-state index in [0.717, 1.165) is 25.7 Å². The third-order valence-corrected chi connectivity index (χ3v) is 6.98. The summed E-state index contributed by atoms with van der Waals surface area (Å²) in [6, 6.07) is 4.31. The predicted molar refractivity (Wildman–Crippen MR) is 89.9 cm³/mol. The molecule has 1 heterocycles. The Morgan fingerprint density at radius 3 is 2.58 bits per heavy atom. The van der Waals surface area contributed by atoms with E-state index in [-0.39, 0.29) is 34.7 Å². The van der Waals surface area contributed by atoms with E-state index < -0.39 is 15.7 Å². The fourth-order valence-corrected chi connectivity index (χ4v) is 5.28. The van der Waals surface area contributed by atoms with E-state index in [9.17, 15) is 18.3 Å². The van der Waals surface area contributed by atoms with Gasteiger partial charge in [0.2, 0.25) is 15.9 Å². The standard InChI is InChI=1S/C16H21ClN2O4S/c1-19-15(20)8-9-16(19,21)11-6-7-13(17)14(10-11)24(22,23)18-12-4-2-3-5-12/h6-7,10,12,18,21H,2-5,8-9H2,1H3. The quantitative estimate of drug-likeness (QED) is 0.845. The summed E-state index contributed by atoms with van der Waals surface area (Å²) in [7, 11) is -2.27. The molecule has 6 nitrogen and oxygen atoms in total. The number of nitrogens with zero attached hydrogens (tertiary/aromatic N) is 1. The molecule has 24 heavy (non-hydrogen) atoms. The number of carbonyl (C=O) groups is 1. The van der Waals surface area contributed by atoms with E-state index in [0.29, 0.717) is 5.56 Å². The number of amides is 1. The zero-order valence-corrected chi connectivity index (χ0v) is 15.0. The van der Waals surface area contributed by atoms with Crippen molar-refractivity contribution in [3.63, 3.8) is 0 Å². The molecule has 1 aliphatic heterocycles. The van der Waals surface area contributed by atoms with Crippen LogP contribution in [0.3, 0.4) is 0 Å². The Bertz CT molecular complexity index is 761. The van der Waals surface area contributed by atoms with Gasteiger partial charge in [-0.05, 0) is 25.0 Å². The van der Waals surface area contributed by atoms with E-state index in [1.54, 1.807) is 6.07 Å². The van der Waals surface area contributed by atoms with E-state index in [1.165, 1.54) is 24.1 Å².